The zero-order valence-electron chi connectivity index (χ0n) is 11.0. The minimum absolute atomic E-state index is 0.0484. The van der Waals surface area contributed by atoms with Crippen LogP contribution in [0.1, 0.15) is 42.1 Å². The molecule has 20 heavy (non-hydrogen) atoms. The first kappa shape index (κ1) is 15.4. The number of amides is 1. The summed E-state index contributed by atoms with van der Waals surface area (Å²) in [5.41, 5.74) is -1.14. The summed E-state index contributed by atoms with van der Waals surface area (Å²) in [6.45, 7) is 2.48. The molecule has 0 radical (unpaired) electrons. The zero-order valence-corrected chi connectivity index (χ0v) is 12.6. The lowest BCUT2D eigenvalue weighted by atomic mass is 10.0. The average Bonchev–Trinajstić information content (AvgIpc) is 2.85. The molecule has 0 saturated carbocycles. The number of likely N-dealkylation sites (tertiary alicyclic amines) is 1. The molecule has 1 aliphatic rings. The van der Waals surface area contributed by atoms with Crippen LogP contribution in [0, 0.1) is 0 Å². The van der Waals surface area contributed by atoms with Gasteiger partial charge in [-0.3, -0.25) is 4.79 Å². The molecule has 0 aromatic heterocycles. The summed E-state index contributed by atoms with van der Waals surface area (Å²) in [5.74, 6) is -0.519. The van der Waals surface area contributed by atoms with Crippen LogP contribution in [0.25, 0.3) is 0 Å². The lowest BCUT2D eigenvalue weighted by Crippen LogP contribution is -2.36. The Bertz CT molecular complexity index is 516. The quantitative estimate of drug-likeness (QED) is 0.770. The SMILES string of the molecule is CCC1CCCN1C(=O)c1ccc(Br)cc1C(F)(F)F. The van der Waals surface area contributed by atoms with Gasteiger partial charge < -0.3 is 4.90 Å². The average molecular weight is 350 g/mol. The van der Waals surface area contributed by atoms with E-state index in [4.69, 9.17) is 0 Å². The maximum Gasteiger partial charge on any atom is 0.417 e. The Balaban J connectivity index is 2.39. The van der Waals surface area contributed by atoms with Crippen LogP contribution in [-0.4, -0.2) is 23.4 Å². The van der Waals surface area contributed by atoms with Crippen molar-refractivity contribution in [3.63, 3.8) is 0 Å². The maximum absolute atomic E-state index is 13.1. The summed E-state index contributed by atoms with van der Waals surface area (Å²) in [6, 6.07) is 3.73. The molecule has 1 aromatic carbocycles. The fourth-order valence-electron chi connectivity index (χ4n) is 2.62. The number of hydrogen-bond acceptors (Lipinski definition) is 1. The van der Waals surface area contributed by atoms with E-state index in [0.29, 0.717) is 11.0 Å². The van der Waals surface area contributed by atoms with Crippen molar-refractivity contribution < 1.29 is 18.0 Å². The van der Waals surface area contributed by atoms with Crippen molar-refractivity contribution in [2.24, 2.45) is 0 Å². The monoisotopic (exact) mass is 349 g/mol. The van der Waals surface area contributed by atoms with E-state index >= 15 is 0 Å². The number of nitrogens with zero attached hydrogens (tertiary/aromatic N) is 1. The van der Waals surface area contributed by atoms with E-state index in [1.165, 1.54) is 12.1 Å². The Hall–Kier alpha value is -1.04. The first-order valence-corrected chi connectivity index (χ1v) is 7.31. The van der Waals surface area contributed by atoms with E-state index in [-0.39, 0.29) is 11.6 Å². The van der Waals surface area contributed by atoms with E-state index in [0.717, 1.165) is 25.3 Å². The molecule has 1 amide bonds. The van der Waals surface area contributed by atoms with Crippen LogP contribution in [-0.2, 0) is 6.18 Å². The van der Waals surface area contributed by atoms with Gasteiger partial charge in [0.25, 0.3) is 5.91 Å². The second-order valence-corrected chi connectivity index (χ2v) is 5.81. The molecular weight excluding hydrogens is 335 g/mol. The minimum Gasteiger partial charge on any atom is -0.336 e. The van der Waals surface area contributed by atoms with Crippen molar-refractivity contribution in [2.75, 3.05) is 6.54 Å². The van der Waals surface area contributed by atoms with E-state index in [1.54, 1.807) is 4.90 Å². The van der Waals surface area contributed by atoms with Gasteiger partial charge in [0.2, 0.25) is 0 Å². The standard InChI is InChI=1S/C14H15BrF3NO/c1-2-10-4-3-7-19(10)13(20)11-6-5-9(15)8-12(11)14(16,17)18/h5-6,8,10H,2-4,7H2,1H3. The number of halogens is 4. The molecule has 2 rings (SSSR count). The van der Waals surface area contributed by atoms with Gasteiger partial charge in [0, 0.05) is 17.1 Å². The molecule has 110 valence electrons. The number of benzene rings is 1. The molecule has 0 N–H and O–H groups in total. The summed E-state index contributed by atoms with van der Waals surface area (Å²) in [7, 11) is 0. The highest BCUT2D eigenvalue weighted by Gasteiger charge is 2.38. The largest absolute Gasteiger partial charge is 0.417 e. The normalized spacial score (nSPS) is 19.4. The molecule has 1 fully saturated rings. The molecular formula is C14H15BrF3NO. The number of alkyl halides is 3. The van der Waals surface area contributed by atoms with Crippen LogP contribution < -0.4 is 0 Å². The van der Waals surface area contributed by atoms with Crippen molar-refractivity contribution in [1.29, 1.82) is 0 Å². The molecule has 1 saturated heterocycles. The van der Waals surface area contributed by atoms with Crippen LogP contribution in [0.5, 0.6) is 0 Å². The second kappa shape index (κ2) is 5.76. The van der Waals surface area contributed by atoms with Crippen molar-refractivity contribution >= 4 is 21.8 Å². The highest BCUT2D eigenvalue weighted by atomic mass is 79.9. The summed E-state index contributed by atoms with van der Waals surface area (Å²) in [5, 5.41) is 0. The van der Waals surface area contributed by atoms with Crippen molar-refractivity contribution in [3.05, 3.63) is 33.8 Å². The van der Waals surface area contributed by atoms with Crippen LogP contribution in [0.2, 0.25) is 0 Å². The van der Waals surface area contributed by atoms with Crippen molar-refractivity contribution in [1.82, 2.24) is 4.90 Å². The first-order valence-electron chi connectivity index (χ1n) is 6.52. The van der Waals surface area contributed by atoms with Gasteiger partial charge in [0.1, 0.15) is 0 Å². The number of carbonyl (C=O) groups is 1. The number of rotatable bonds is 2. The fourth-order valence-corrected chi connectivity index (χ4v) is 2.98. The van der Waals surface area contributed by atoms with Crippen molar-refractivity contribution in [2.45, 2.75) is 38.4 Å². The molecule has 0 aliphatic carbocycles. The molecule has 2 nitrogen and oxygen atoms in total. The summed E-state index contributed by atoms with van der Waals surface area (Å²) in [4.78, 5) is 14.0. The molecule has 0 bridgehead atoms. The lowest BCUT2D eigenvalue weighted by Gasteiger charge is -2.25. The van der Waals surface area contributed by atoms with E-state index < -0.39 is 17.6 Å². The van der Waals surface area contributed by atoms with E-state index in [2.05, 4.69) is 15.9 Å². The summed E-state index contributed by atoms with van der Waals surface area (Å²) in [6.07, 6.45) is -2.05. The Morgan fingerprint density at radius 2 is 2.15 bits per heavy atom. The minimum atomic E-state index is -4.53. The Kier molecular flexibility index (Phi) is 4.42. The molecule has 1 atom stereocenters. The fraction of sp³-hybridized carbons (Fsp3) is 0.500. The van der Waals surface area contributed by atoms with Gasteiger partial charge in [-0.25, -0.2) is 0 Å². The van der Waals surface area contributed by atoms with Crippen LogP contribution in [0.3, 0.4) is 0 Å². The van der Waals surface area contributed by atoms with E-state index in [1.807, 2.05) is 6.92 Å². The molecule has 1 unspecified atom stereocenters. The summed E-state index contributed by atoms with van der Waals surface area (Å²) >= 11 is 3.02. The smallest absolute Gasteiger partial charge is 0.336 e. The first-order chi connectivity index (χ1) is 9.34. The van der Waals surface area contributed by atoms with Gasteiger partial charge in [-0.2, -0.15) is 13.2 Å². The molecule has 1 aromatic rings. The van der Waals surface area contributed by atoms with Crippen LogP contribution in [0.4, 0.5) is 13.2 Å². The predicted octanol–water partition coefficient (Wildman–Crippen LogP) is 4.48. The van der Waals surface area contributed by atoms with Gasteiger partial charge in [-0.15, -0.1) is 0 Å². The van der Waals surface area contributed by atoms with Crippen LogP contribution >= 0.6 is 15.9 Å². The number of carbonyl (C=O) groups excluding carboxylic acids is 1. The Morgan fingerprint density at radius 1 is 1.45 bits per heavy atom. The topological polar surface area (TPSA) is 20.3 Å². The molecule has 1 heterocycles. The van der Waals surface area contributed by atoms with Crippen molar-refractivity contribution in [3.8, 4) is 0 Å². The van der Waals surface area contributed by atoms with Gasteiger partial charge in [0.05, 0.1) is 11.1 Å². The Morgan fingerprint density at radius 3 is 2.75 bits per heavy atom. The zero-order chi connectivity index (χ0) is 14.9. The third-order valence-corrected chi connectivity index (χ3v) is 4.12. The highest BCUT2D eigenvalue weighted by molar-refractivity contribution is 9.10. The second-order valence-electron chi connectivity index (χ2n) is 4.89. The van der Waals surface area contributed by atoms with Gasteiger partial charge in [-0.05, 0) is 37.5 Å². The lowest BCUT2D eigenvalue weighted by molar-refractivity contribution is -0.138. The third kappa shape index (κ3) is 3.00. The van der Waals surface area contributed by atoms with Gasteiger partial charge in [-0.1, -0.05) is 22.9 Å². The Labute approximate surface area is 124 Å². The number of hydrogen-bond donors (Lipinski definition) is 0. The predicted molar refractivity (Wildman–Crippen MR) is 73.5 cm³/mol. The third-order valence-electron chi connectivity index (χ3n) is 3.63. The van der Waals surface area contributed by atoms with Gasteiger partial charge >= 0.3 is 6.18 Å². The highest BCUT2D eigenvalue weighted by Crippen LogP contribution is 2.35. The summed E-state index contributed by atoms with van der Waals surface area (Å²) < 4.78 is 39.5. The molecule has 6 heteroatoms. The van der Waals surface area contributed by atoms with Crippen LogP contribution in [0.15, 0.2) is 22.7 Å². The molecule has 0 spiro atoms. The van der Waals surface area contributed by atoms with E-state index in [9.17, 15) is 18.0 Å². The molecule has 1 aliphatic heterocycles. The maximum atomic E-state index is 13.1. The van der Waals surface area contributed by atoms with Gasteiger partial charge in [0.15, 0.2) is 0 Å².